The van der Waals surface area contributed by atoms with Crippen molar-refractivity contribution in [3.8, 4) is 17.0 Å². The molecule has 7 rings (SSSR count). The molecular formula is C35H35N7O2. The van der Waals surface area contributed by atoms with Gasteiger partial charge in [-0.15, -0.1) is 0 Å². The summed E-state index contributed by atoms with van der Waals surface area (Å²) < 4.78 is 0. The normalized spacial score (nSPS) is 16.2. The number of aromatic hydroxyl groups is 1. The Bertz CT molecular complexity index is 1800. The van der Waals surface area contributed by atoms with Crippen LogP contribution >= 0.6 is 0 Å². The highest BCUT2D eigenvalue weighted by Crippen LogP contribution is 2.34. The average Bonchev–Trinajstić information content (AvgIpc) is 3.37. The van der Waals surface area contributed by atoms with Gasteiger partial charge in [-0.25, -0.2) is 15.0 Å². The van der Waals surface area contributed by atoms with Gasteiger partial charge in [0.25, 0.3) is 5.91 Å². The maximum Gasteiger partial charge on any atom is 0.253 e. The van der Waals surface area contributed by atoms with Crippen molar-refractivity contribution in [2.45, 2.75) is 25.3 Å². The number of aromatic amines is 1. The third-order valence-corrected chi connectivity index (χ3v) is 8.63. The molecule has 0 spiro atoms. The van der Waals surface area contributed by atoms with Gasteiger partial charge in [0.1, 0.15) is 0 Å². The summed E-state index contributed by atoms with van der Waals surface area (Å²) in [5.74, 6) is 0.731. The summed E-state index contributed by atoms with van der Waals surface area (Å²) in [6, 6.07) is 23.7. The smallest absolute Gasteiger partial charge is 0.253 e. The number of likely N-dealkylation sites (N-methyl/N-ethyl adjacent to an activating group) is 1. The van der Waals surface area contributed by atoms with Gasteiger partial charge in [0.15, 0.2) is 5.88 Å². The highest BCUT2D eigenvalue weighted by Gasteiger charge is 2.22. The molecule has 0 bridgehead atoms. The van der Waals surface area contributed by atoms with E-state index in [9.17, 15) is 9.90 Å². The van der Waals surface area contributed by atoms with Crippen LogP contribution in [0.2, 0.25) is 0 Å². The van der Waals surface area contributed by atoms with E-state index in [0.717, 1.165) is 66.6 Å². The number of nitrogens with zero attached hydrogens (tertiary/aromatic N) is 5. The first-order chi connectivity index (χ1) is 21.5. The van der Waals surface area contributed by atoms with Gasteiger partial charge in [-0.05, 0) is 62.2 Å². The fourth-order valence-corrected chi connectivity index (χ4v) is 5.75. The number of hydrogen-bond donors (Lipinski definition) is 3. The van der Waals surface area contributed by atoms with Crippen LogP contribution in [0.5, 0.6) is 5.88 Å². The highest BCUT2D eigenvalue weighted by atomic mass is 16.3. The van der Waals surface area contributed by atoms with Crippen LogP contribution in [0.3, 0.4) is 0 Å². The molecule has 3 N–H and O–H groups in total. The molecule has 0 atom stereocenters. The lowest BCUT2D eigenvalue weighted by molar-refractivity contribution is 0.0664. The van der Waals surface area contributed by atoms with E-state index in [1.165, 1.54) is 6.42 Å². The molecule has 44 heavy (non-hydrogen) atoms. The molecule has 1 aliphatic heterocycles. The zero-order valence-electron chi connectivity index (χ0n) is 24.7. The number of amides is 1. The number of benzene rings is 3. The minimum Gasteiger partial charge on any atom is -0.494 e. The van der Waals surface area contributed by atoms with Crippen LogP contribution in [0.15, 0.2) is 90.2 Å². The molecule has 0 radical (unpaired) electrons. The van der Waals surface area contributed by atoms with Crippen molar-refractivity contribution in [2.75, 3.05) is 38.5 Å². The van der Waals surface area contributed by atoms with Gasteiger partial charge in [-0.3, -0.25) is 4.79 Å². The van der Waals surface area contributed by atoms with Crippen molar-refractivity contribution in [1.82, 2.24) is 24.8 Å². The van der Waals surface area contributed by atoms with Crippen molar-refractivity contribution in [3.05, 3.63) is 102 Å². The molecule has 0 unspecified atom stereocenters. The third-order valence-electron chi connectivity index (χ3n) is 8.63. The molecule has 3 aromatic carbocycles. The minimum atomic E-state index is 0.0386. The Labute approximate surface area is 256 Å². The first-order valence-electron chi connectivity index (χ1n) is 15.2. The van der Waals surface area contributed by atoms with Gasteiger partial charge in [0.05, 0.1) is 17.0 Å². The van der Waals surface area contributed by atoms with Crippen LogP contribution in [-0.4, -0.2) is 80.7 Å². The molecule has 2 fully saturated rings. The monoisotopic (exact) mass is 585 g/mol. The SMILES string of the molecule is CN1CCN(C(=O)c2ccc(N=C(c3ccccc3)c3c(O)[nH]c4cc(-c5cnc(NC6CCC6)nc5)ccc34)cc2)CC1. The lowest BCUT2D eigenvalue weighted by Gasteiger charge is -2.32. The molecule has 5 aromatic rings. The van der Waals surface area contributed by atoms with Crippen molar-refractivity contribution in [2.24, 2.45) is 4.99 Å². The molecule has 1 amide bonds. The number of aromatic nitrogens is 3. The summed E-state index contributed by atoms with van der Waals surface area (Å²) in [6.07, 6.45) is 7.23. The van der Waals surface area contributed by atoms with E-state index in [2.05, 4.69) is 32.2 Å². The van der Waals surface area contributed by atoms with Gasteiger partial charge < -0.3 is 25.2 Å². The first-order valence-corrected chi connectivity index (χ1v) is 15.2. The summed E-state index contributed by atoms with van der Waals surface area (Å²) in [6.45, 7) is 3.21. The van der Waals surface area contributed by atoms with Crippen molar-refractivity contribution in [3.63, 3.8) is 0 Å². The molecule has 1 saturated carbocycles. The Balaban J connectivity index is 1.20. The number of hydrogen-bond acceptors (Lipinski definition) is 7. The largest absolute Gasteiger partial charge is 0.494 e. The molecule has 9 nitrogen and oxygen atoms in total. The van der Waals surface area contributed by atoms with E-state index in [0.29, 0.717) is 34.5 Å². The highest BCUT2D eigenvalue weighted by molar-refractivity contribution is 6.22. The van der Waals surface area contributed by atoms with E-state index >= 15 is 0 Å². The number of piperazine rings is 1. The van der Waals surface area contributed by atoms with Crippen LogP contribution in [0, 0.1) is 0 Å². The Hall–Kier alpha value is -5.02. The number of anilines is 1. The molecule has 1 saturated heterocycles. The number of fused-ring (bicyclic) bond motifs is 1. The third kappa shape index (κ3) is 5.66. The summed E-state index contributed by atoms with van der Waals surface area (Å²) >= 11 is 0. The van der Waals surface area contributed by atoms with E-state index in [-0.39, 0.29) is 11.8 Å². The first kappa shape index (κ1) is 27.8. The Morgan fingerprint density at radius 1 is 0.909 bits per heavy atom. The standard InChI is InChI=1S/C35H35N7O2/c1-41-16-18-42(19-17-41)34(44)24-10-13-28(14-11-24)38-32(23-6-3-2-4-7-23)31-29-15-12-25(20-30(29)40-33(31)43)26-21-36-35(37-22-26)39-27-8-5-9-27/h2-4,6-7,10-15,20-22,27,40,43H,5,8-9,16-19H2,1H3,(H,36,37,39). The zero-order chi connectivity index (χ0) is 30.0. The second-order valence-corrected chi connectivity index (χ2v) is 11.6. The fourth-order valence-electron chi connectivity index (χ4n) is 5.75. The Kier molecular flexibility index (Phi) is 7.54. The summed E-state index contributed by atoms with van der Waals surface area (Å²) in [5.41, 5.74) is 6.08. The van der Waals surface area contributed by atoms with E-state index in [1.54, 1.807) is 0 Å². The topological polar surface area (TPSA) is 110 Å². The number of aliphatic imine (C=N–C) groups is 1. The van der Waals surface area contributed by atoms with Crippen LogP contribution in [0.4, 0.5) is 11.6 Å². The molecule has 2 aromatic heterocycles. The number of H-pyrrole nitrogens is 1. The number of carbonyl (C=O) groups is 1. The van der Waals surface area contributed by atoms with Gasteiger partial charge in [-0.2, -0.15) is 0 Å². The number of rotatable bonds is 7. The molecule has 9 heteroatoms. The maximum atomic E-state index is 13.1. The summed E-state index contributed by atoms with van der Waals surface area (Å²) in [4.78, 5) is 34.4. The molecule has 2 aliphatic rings. The van der Waals surface area contributed by atoms with E-state index in [4.69, 9.17) is 4.99 Å². The van der Waals surface area contributed by atoms with Crippen LogP contribution < -0.4 is 5.32 Å². The van der Waals surface area contributed by atoms with Crippen LogP contribution in [0.1, 0.15) is 40.7 Å². The van der Waals surface area contributed by atoms with Crippen LogP contribution in [-0.2, 0) is 0 Å². The minimum absolute atomic E-state index is 0.0386. The average molecular weight is 586 g/mol. The summed E-state index contributed by atoms with van der Waals surface area (Å²) in [7, 11) is 2.07. The quantitative estimate of drug-likeness (QED) is 0.207. The van der Waals surface area contributed by atoms with Gasteiger partial charge in [0.2, 0.25) is 5.95 Å². The van der Waals surface area contributed by atoms with E-state index in [1.807, 2.05) is 90.1 Å². The zero-order valence-corrected chi connectivity index (χ0v) is 24.7. The molecule has 1 aliphatic carbocycles. The second-order valence-electron chi connectivity index (χ2n) is 11.6. The number of nitrogens with one attached hydrogen (secondary N) is 2. The Morgan fingerprint density at radius 3 is 2.32 bits per heavy atom. The lowest BCUT2D eigenvalue weighted by Crippen LogP contribution is -2.47. The lowest BCUT2D eigenvalue weighted by atomic mass is 9.93. The molecular weight excluding hydrogens is 550 g/mol. The van der Waals surface area contributed by atoms with Gasteiger partial charge >= 0.3 is 0 Å². The predicted molar refractivity (Wildman–Crippen MR) is 174 cm³/mol. The second kappa shape index (κ2) is 11.9. The Morgan fingerprint density at radius 2 is 1.64 bits per heavy atom. The fraction of sp³-hybridized carbons (Fsp3) is 0.257. The predicted octanol–water partition coefficient (Wildman–Crippen LogP) is 5.85. The van der Waals surface area contributed by atoms with Crippen molar-refractivity contribution >= 4 is 34.2 Å². The maximum absolute atomic E-state index is 13.1. The van der Waals surface area contributed by atoms with Gasteiger partial charge in [0, 0.05) is 72.2 Å². The molecule has 3 heterocycles. The van der Waals surface area contributed by atoms with Crippen LogP contribution in [0.25, 0.3) is 22.0 Å². The van der Waals surface area contributed by atoms with E-state index < -0.39 is 0 Å². The number of carbonyl (C=O) groups excluding carboxylic acids is 1. The summed E-state index contributed by atoms with van der Waals surface area (Å²) in [5, 5.41) is 15.4. The van der Waals surface area contributed by atoms with Crippen molar-refractivity contribution < 1.29 is 9.90 Å². The van der Waals surface area contributed by atoms with Gasteiger partial charge in [-0.1, -0.05) is 42.5 Å². The van der Waals surface area contributed by atoms with Crippen molar-refractivity contribution in [1.29, 1.82) is 0 Å². The molecule has 222 valence electrons.